The third-order valence-electron chi connectivity index (χ3n) is 4.24. The van der Waals surface area contributed by atoms with Gasteiger partial charge < -0.3 is 20.5 Å². The van der Waals surface area contributed by atoms with Crippen molar-refractivity contribution >= 4 is 29.1 Å². The Hall–Kier alpha value is -3.29. The summed E-state index contributed by atoms with van der Waals surface area (Å²) < 4.78 is 11.2. The van der Waals surface area contributed by atoms with Crippen molar-refractivity contribution in [3.05, 3.63) is 36.4 Å². The highest BCUT2D eigenvalue weighted by molar-refractivity contribution is 6.05. The lowest BCUT2D eigenvalue weighted by Crippen LogP contribution is -2.51. The maximum atomic E-state index is 12.9. The van der Waals surface area contributed by atoms with Crippen LogP contribution >= 0.6 is 0 Å². The topological polar surface area (TPSA) is 107 Å². The normalized spacial score (nSPS) is 15.8. The molecule has 1 aliphatic heterocycles. The highest BCUT2D eigenvalue weighted by Gasteiger charge is 2.38. The SMILES string of the molecule is CCOc1ccc(NC(=O)CN2C(=O)C(C(C)C)Oc3ccc(N)nc32)cc1. The standard InChI is InChI=1S/C20H24N4O4/c1-4-27-14-7-5-13(6-8-14)22-17(25)11-24-19-15(9-10-16(21)23-19)28-18(12(2)3)20(24)26/h5-10,12,18H,4,11H2,1-3H3,(H2,21,23)(H,22,25). The highest BCUT2D eigenvalue weighted by atomic mass is 16.5. The number of anilines is 3. The largest absolute Gasteiger partial charge is 0.494 e. The van der Waals surface area contributed by atoms with Crippen molar-refractivity contribution in [2.24, 2.45) is 5.92 Å². The quantitative estimate of drug-likeness (QED) is 0.792. The first-order valence-electron chi connectivity index (χ1n) is 9.16. The highest BCUT2D eigenvalue weighted by Crippen LogP contribution is 2.34. The molecule has 8 heteroatoms. The van der Waals surface area contributed by atoms with E-state index in [9.17, 15) is 9.59 Å². The van der Waals surface area contributed by atoms with Gasteiger partial charge in [0.1, 0.15) is 18.1 Å². The van der Waals surface area contributed by atoms with Gasteiger partial charge in [0, 0.05) is 5.69 Å². The summed E-state index contributed by atoms with van der Waals surface area (Å²) in [6, 6.07) is 10.3. The van der Waals surface area contributed by atoms with Crippen LogP contribution in [0, 0.1) is 5.92 Å². The third kappa shape index (κ3) is 4.16. The molecule has 1 aromatic heterocycles. The molecule has 0 spiro atoms. The number of fused-ring (bicyclic) bond motifs is 1. The molecule has 1 aromatic carbocycles. The van der Waals surface area contributed by atoms with Gasteiger partial charge in [0.2, 0.25) is 5.91 Å². The first kappa shape index (κ1) is 19.5. The average molecular weight is 384 g/mol. The minimum Gasteiger partial charge on any atom is -0.494 e. The number of ether oxygens (including phenoxy) is 2. The number of nitrogens with two attached hydrogens (primary N) is 1. The summed E-state index contributed by atoms with van der Waals surface area (Å²) >= 11 is 0. The van der Waals surface area contributed by atoms with Crippen LogP contribution in [0.3, 0.4) is 0 Å². The van der Waals surface area contributed by atoms with Crippen LogP contribution in [-0.2, 0) is 9.59 Å². The van der Waals surface area contributed by atoms with Gasteiger partial charge in [-0.1, -0.05) is 13.8 Å². The molecule has 8 nitrogen and oxygen atoms in total. The van der Waals surface area contributed by atoms with Crippen molar-refractivity contribution < 1.29 is 19.1 Å². The molecule has 2 heterocycles. The van der Waals surface area contributed by atoms with E-state index in [1.54, 1.807) is 36.4 Å². The fourth-order valence-electron chi connectivity index (χ4n) is 2.90. The van der Waals surface area contributed by atoms with Crippen LogP contribution in [0.1, 0.15) is 20.8 Å². The predicted octanol–water partition coefficient (Wildman–Crippen LogP) is 2.45. The zero-order valence-electron chi connectivity index (χ0n) is 16.1. The van der Waals surface area contributed by atoms with Gasteiger partial charge in [0.15, 0.2) is 17.7 Å². The molecule has 28 heavy (non-hydrogen) atoms. The lowest BCUT2D eigenvalue weighted by Gasteiger charge is -2.34. The smallest absolute Gasteiger partial charge is 0.270 e. The van der Waals surface area contributed by atoms with Crippen LogP contribution in [0.15, 0.2) is 36.4 Å². The first-order valence-corrected chi connectivity index (χ1v) is 9.16. The monoisotopic (exact) mass is 384 g/mol. The molecular formula is C20H24N4O4. The van der Waals surface area contributed by atoms with E-state index in [4.69, 9.17) is 15.2 Å². The van der Waals surface area contributed by atoms with Crippen molar-refractivity contribution in [3.8, 4) is 11.5 Å². The number of benzene rings is 1. The molecular weight excluding hydrogens is 360 g/mol. The molecule has 0 fully saturated rings. The maximum Gasteiger partial charge on any atom is 0.270 e. The van der Waals surface area contributed by atoms with Crippen molar-refractivity contribution in [1.29, 1.82) is 0 Å². The summed E-state index contributed by atoms with van der Waals surface area (Å²) in [7, 11) is 0. The molecule has 0 radical (unpaired) electrons. The number of hydrogen-bond donors (Lipinski definition) is 2. The molecule has 3 N–H and O–H groups in total. The van der Waals surface area contributed by atoms with Crippen LogP contribution in [0.25, 0.3) is 0 Å². The van der Waals surface area contributed by atoms with E-state index in [1.807, 2.05) is 20.8 Å². The van der Waals surface area contributed by atoms with Crippen molar-refractivity contribution in [2.75, 3.05) is 29.1 Å². The molecule has 0 aliphatic carbocycles. The van der Waals surface area contributed by atoms with Gasteiger partial charge in [-0.05, 0) is 49.2 Å². The second-order valence-corrected chi connectivity index (χ2v) is 6.77. The van der Waals surface area contributed by atoms with E-state index < -0.39 is 6.10 Å². The Morgan fingerprint density at radius 3 is 2.64 bits per heavy atom. The fraction of sp³-hybridized carbons (Fsp3) is 0.350. The minimum atomic E-state index is -0.684. The predicted molar refractivity (Wildman–Crippen MR) is 106 cm³/mol. The number of pyridine rings is 1. The van der Waals surface area contributed by atoms with E-state index in [0.717, 1.165) is 5.75 Å². The summed E-state index contributed by atoms with van der Waals surface area (Å²) in [6.07, 6.45) is -0.684. The number of rotatable bonds is 6. The molecule has 148 valence electrons. The van der Waals surface area contributed by atoms with Gasteiger partial charge in [0.25, 0.3) is 5.91 Å². The van der Waals surface area contributed by atoms with Crippen LogP contribution < -0.4 is 25.4 Å². The van der Waals surface area contributed by atoms with E-state index >= 15 is 0 Å². The van der Waals surface area contributed by atoms with Gasteiger partial charge in [-0.15, -0.1) is 0 Å². The van der Waals surface area contributed by atoms with Gasteiger partial charge >= 0.3 is 0 Å². The lowest BCUT2D eigenvalue weighted by atomic mass is 10.0. The number of nitrogens with one attached hydrogen (secondary N) is 1. The second kappa shape index (κ2) is 8.16. The summed E-state index contributed by atoms with van der Waals surface area (Å²) in [6.45, 7) is 6.05. The lowest BCUT2D eigenvalue weighted by molar-refractivity contribution is -0.129. The van der Waals surface area contributed by atoms with E-state index in [-0.39, 0.29) is 35.9 Å². The Morgan fingerprint density at radius 1 is 1.29 bits per heavy atom. The number of carbonyl (C=O) groups is 2. The molecule has 0 bridgehead atoms. The molecule has 2 amide bonds. The van der Waals surface area contributed by atoms with Gasteiger partial charge in [-0.3, -0.25) is 14.5 Å². The zero-order valence-corrected chi connectivity index (χ0v) is 16.1. The van der Waals surface area contributed by atoms with E-state index in [2.05, 4.69) is 10.3 Å². The van der Waals surface area contributed by atoms with Crippen LogP contribution in [0.4, 0.5) is 17.3 Å². The number of aromatic nitrogens is 1. The summed E-state index contributed by atoms with van der Waals surface area (Å²) in [5.74, 6) is 0.923. The summed E-state index contributed by atoms with van der Waals surface area (Å²) in [5, 5.41) is 2.78. The Labute approximate surface area is 163 Å². The fourth-order valence-corrected chi connectivity index (χ4v) is 2.90. The molecule has 1 aliphatic rings. The molecule has 1 atom stereocenters. The molecule has 2 aromatic rings. The molecule has 3 rings (SSSR count). The number of nitrogens with zero attached hydrogens (tertiary/aromatic N) is 2. The van der Waals surface area contributed by atoms with Crippen LogP contribution in [-0.4, -0.2) is 36.1 Å². The van der Waals surface area contributed by atoms with Crippen LogP contribution in [0.5, 0.6) is 11.5 Å². The van der Waals surface area contributed by atoms with Crippen molar-refractivity contribution in [2.45, 2.75) is 26.9 Å². The summed E-state index contributed by atoms with van der Waals surface area (Å²) in [5.41, 5.74) is 6.37. The van der Waals surface area contributed by atoms with Crippen molar-refractivity contribution in [1.82, 2.24) is 4.98 Å². The Bertz CT molecular complexity index is 867. The minimum absolute atomic E-state index is 0.0603. The van der Waals surface area contributed by atoms with E-state index in [0.29, 0.717) is 18.0 Å². The Balaban J connectivity index is 1.78. The van der Waals surface area contributed by atoms with E-state index in [1.165, 1.54) is 4.90 Å². The number of nitrogen functional groups attached to an aromatic ring is 1. The summed E-state index contributed by atoms with van der Waals surface area (Å²) in [4.78, 5) is 31.0. The Morgan fingerprint density at radius 2 is 2.00 bits per heavy atom. The average Bonchev–Trinajstić information content (AvgIpc) is 2.65. The van der Waals surface area contributed by atoms with Crippen LogP contribution in [0.2, 0.25) is 0 Å². The molecule has 1 unspecified atom stereocenters. The Kier molecular flexibility index (Phi) is 5.67. The zero-order chi connectivity index (χ0) is 20.3. The number of amides is 2. The first-order chi connectivity index (χ1) is 13.4. The second-order valence-electron chi connectivity index (χ2n) is 6.77. The van der Waals surface area contributed by atoms with Gasteiger partial charge in [-0.2, -0.15) is 0 Å². The molecule has 0 saturated carbocycles. The number of carbonyl (C=O) groups excluding carboxylic acids is 2. The van der Waals surface area contributed by atoms with Gasteiger partial charge in [-0.25, -0.2) is 4.98 Å². The van der Waals surface area contributed by atoms with Crippen molar-refractivity contribution in [3.63, 3.8) is 0 Å². The third-order valence-corrected chi connectivity index (χ3v) is 4.24. The maximum absolute atomic E-state index is 12.9. The molecule has 0 saturated heterocycles. The number of hydrogen-bond acceptors (Lipinski definition) is 6. The van der Waals surface area contributed by atoms with Gasteiger partial charge in [0.05, 0.1) is 6.61 Å².